The SMILES string of the molecule is CCCCN(C)Cc1cc(F)cc(/C(N)=N/O)c1. The number of hydrogen-bond donors (Lipinski definition) is 2. The third kappa shape index (κ3) is 4.33. The first-order chi connectivity index (χ1) is 8.56. The highest BCUT2D eigenvalue weighted by atomic mass is 19.1. The molecule has 0 spiro atoms. The molecule has 0 aromatic heterocycles. The van der Waals surface area contributed by atoms with Gasteiger partial charge in [0.05, 0.1) is 0 Å². The molecule has 0 heterocycles. The number of nitrogens with two attached hydrogens (primary N) is 1. The fourth-order valence-electron chi connectivity index (χ4n) is 1.77. The summed E-state index contributed by atoms with van der Waals surface area (Å²) in [5, 5.41) is 11.5. The molecule has 0 bridgehead atoms. The van der Waals surface area contributed by atoms with Crippen LogP contribution in [0.5, 0.6) is 0 Å². The second-order valence-corrected chi connectivity index (χ2v) is 4.42. The van der Waals surface area contributed by atoms with Crippen LogP contribution in [0.4, 0.5) is 4.39 Å². The van der Waals surface area contributed by atoms with E-state index in [4.69, 9.17) is 10.9 Å². The molecular weight excluding hydrogens is 233 g/mol. The maximum Gasteiger partial charge on any atom is 0.170 e. The first-order valence-corrected chi connectivity index (χ1v) is 6.02. The van der Waals surface area contributed by atoms with Gasteiger partial charge >= 0.3 is 0 Å². The molecule has 100 valence electrons. The Kier molecular flexibility index (Phi) is 5.58. The largest absolute Gasteiger partial charge is 0.409 e. The summed E-state index contributed by atoms with van der Waals surface area (Å²) >= 11 is 0. The fraction of sp³-hybridized carbons (Fsp3) is 0.462. The third-order valence-electron chi connectivity index (χ3n) is 2.71. The average molecular weight is 253 g/mol. The molecule has 1 aromatic rings. The monoisotopic (exact) mass is 253 g/mol. The highest BCUT2D eigenvalue weighted by molar-refractivity contribution is 5.97. The molecule has 4 nitrogen and oxygen atoms in total. The smallest absolute Gasteiger partial charge is 0.170 e. The van der Waals surface area contributed by atoms with Gasteiger partial charge in [0.1, 0.15) is 5.82 Å². The molecule has 0 atom stereocenters. The Hall–Kier alpha value is -1.62. The molecule has 0 aliphatic rings. The Morgan fingerprint density at radius 3 is 2.78 bits per heavy atom. The van der Waals surface area contributed by atoms with Crippen molar-refractivity contribution >= 4 is 5.84 Å². The number of oxime groups is 1. The lowest BCUT2D eigenvalue weighted by Gasteiger charge is -2.16. The maximum atomic E-state index is 13.4. The average Bonchev–Trinajstić information content (AvgIpc) is 2.34. The molecule has 0 aliphatic heterocycles. The van der Waals surface area contributed by atoms with E-state index in [9.17, 15) is 4.39 Å². The summed E-state index contributed by atoms with van der Waals surface area (Å²) in [5.74, 6) is -0.454. The zero-order chi connectivity index (χ0) is 13.5. The van der Waals surface area contributed by atoms with Gasteiger partial charge in [-0.25, -0.2) is 4.39 Å². The van der Waals surface area contributed by atoms with Crippen LogP contribution < -0.4 is 5.73 Å². The summed E-state index contributed by atoms with van der Waals surface area (Å²) in [6.45, 7) is 3.74. The van der Waals surface area contributed by atoms with Crippen molar-refractivity contribution in [3.63, 3.8) is 0 Å². The van der Waals surface area contributed by atoms with Crippen molar-refractivity contribution < 1.29 is 9.60 Å². The second-order valence-electron chi connectivity index (χ2n) is 4.42. The number of nitrogens with zero attached hydrogens (tertiary/aromatic N) is 2. The third-order valence-corrected chi connectivity index (χ3v) is 2.71. The van der Waals surface area contributed by atoms with Gasteiger partial charge in [-0.2, -0.15) is 0 Å². The van der Waals surface area contributed by atoms with Gasteiger partial charge in [-0.05, 0) is 43.8 Å². The zero-order valence-electron chi connectivity index (χ0n) is 10.9. The van der Waals surface area contributed by atoms with Crippen LogP contribution in [-0.4, -0.2) is 29.5 Å². The lowest BCUT2D eigenvalue weighted by atomic mass is 10.1. The Morgan fingerprint density at radius 1 is 1.44 bits per heavy atom. The van der Waals surface area contributed by atoms with E-state index in [0.29, 0.717) is 12.1 Å². The van der Waals surface area contributed by atoms with Crippen molar-refractivity contribution in [2.24, 2.45) is 10.9 Å². The Morgan fingerprint density at radius 2 is 2.17 bits per heavy atom. The first-order valence-electron chi connectivity index (χ1n) is 6.02. The lowest BCUT2D eigenvalue weighted by Crippen LogP contribution is -2.20. The van der Waals surface area contributed by atoms with Crippen LogP contribution in [0.2, 0.25) is 0 Å². The van der Waals surface area contributed by atoms with Crippen molar-refractivity contribution in [2.75, 3.05) is 13.6 Å². The topological polar surface area (TPSA) is 61.8 Å². The molecule has 0 fully saturated rings. The van der Waals surface area contributed by atoms with E-state index < -0.39 is 0 Å². The van der Waals surface area contributed by atoms with E-state index in [2.05, 4.69) is 17.0 Å². The highest BCUT2D eigenvalue weighted by Crippen LogP contribution is 2.11. The Labute approximate surface area is 107 Å². The van der Waals surface area contributed by atoms with Gasteiger partial charge in [0.25, 0.3) is 0 Å². The van der Waals surface area contributed by atoms with Crippen LogP contribution in [0.15, 0.2) is 23.4 Å². The van der Waals surface area contributed by atoms with Gasteiger partial charge in [0.2, 0.25) is 0 Å². The summed E-state index contributed by atoms with van der Waals surface area (Å²) in [4.78, 5) is 2.12. The van der Waals surface area contributed by atoms with Gasteiger partial charge in [-0.1, -0.05) is 18.5 Å². The molecule has 0 radical (unpaired) electrons. The second kappa shape index (κ2) is 6.96. The van der Waals surface area contributed by atoms with Crippen molar-refractivity contribution in [3.8, 4) is 0 Å². The van der Waals surface area contributed by atoms with Crippen LogP contribution in [0.1, 0.15) is 30.9 Å². The van der Waals surface area contributed by atoms with E-state index in [-0.39, 0.29) is 11.7 Å². The van der Waals surface area contributed by atoms with Crippen molar-refractivity contribution in [3.05, 3.63) is 35.1 Å². The van der Waals surface area contributed by atoms with Crippen LogP contribution in [0, 0.1) is 5.82 Å². The molecule has 1 aromatic carbocycles. The van der Waals surface area contributed by atoms with Crippen LogP contribution in [0.25, 0.3) is 0 Å². The van der Waals surface area contributed by atoms with E-state index in [1.807, 2.05) is 7.05 Å². The molecule has 5 heteroatoms. The molecule has 0 aliphatic carbocycles. The van der Waals surface area contributed by atoms with Gasteiger partial charge in [0, 0.05) is 12.1 Å². The predicted molar refractivity (Wildman–Crippen MR) is 70.2 cm³/mol. The molecule has 18 heavy (non-hydrogen) atoms. The summed E-state index contributed by atoms with van der Waals surface area (Å²) in [6.07, 6.45) is 2.24. The molecule has 0 unspecified atom stereocenters. The van der Waals surface area contributed by atoms with Crippen molar-refractivity contribution in [2.45, 2.75) is 26.3 Å². The van der Waals surface area contributed by atoms with Crippen LogP contribution in [-0.2, 0) is 6.54 Å². The Bertz CT molecular complexity index is 421. The van der Waals surface area contributed by atoms with Crippen LogP contribution in [0.3, 0.4) is 0 Å². The molecule has 0 saturated heterocycles. The fourth-order valence-corrected chi connectivity index (χ4v) is 1.77. The normalized spacial score (nSPS) is 12.1. The van der Waals surface area contributed by atoms with Gasteiger partial charge < -0.3 is 15.8 Å². The zero-order valence-corrected chi connectivity index (χ0v) is 10.9. The Balaban J connectivity index is 2.80. The van der Waals surface area contributed by atoms with Crippen LogP contribution >= 0.6 is 0 Å². The summed E-state index contributed by atoms with van der Waals surface area (Å²) < 4.78 is 13.4. The number of unbranched alkanes of at least 4 members (excludes halogenated alkanes) is 1. The minimum atomic E-state index is -0.377. The maximum absolute atomic E-state index is 13.4. The molecular formula is C13H20FN3O. The van der Waals surface area contributed by atoms with Crippen molar-refractivity contribution in [1.29, 1.82) is 0 Å². The summed E-state index contributed by atoms with van der Waals surface area (Å²) in [5.41, 5.74) is 6.68. The standard InChI is InChI=1S/C13H20FN3O/c1-3-4-5-17(2)9-10-6-11(13(15)16-18)8-12(14)7-10/h6-8,18H,3-5,9H2,1-2H3,(H2,15,16). The van der Waals surface area contributed by atoms with Gasteiger partial charge in [-0.15, -0.1) is 0 Å². The van der Waals surface area contributed by atoms with E-state index in [0.717, 1.165) is 24.9 Å². The van der Waals surface area contributed by atoms with Gasteiger partial charge in [0.15, 0.2) is 5.84 Å². The molecule has 3 N–H and O–H groups in total. The number of benzene rings is 1. The number of rotatable bonds is 6. The quantitative estimate of drug-likeness (QED) is 0.353. The number of amidine groups is 1. The minimum Gasteiger partial charge on any atom is -0.409 e. The van der Waals surface area contributed by atoms with Crippen molar-refractivity contribution in [1.82, 2.24) is 4.90 Å². The highest BCUT2D eigenvalue weighted by Gasteiger charge is 2.06. The van der Waals surface area contributed by atoms with Gasteiger partial charge in [-0.3, -0.25) is 0 Å². The minimum absolute atomic E-state index is 0.0769. The molecule has 1 rings (SSSR count). The summed E-state index contributed by atoms with van der Waals surface area (Å²) in [6, 6.07) is 4.46. The number of hydrogen-bond acceptors (Lipinski definition) is 3. The first kappa shape index (κ1) is 14.4. The summed E-state index contributed by atoms with van der Waals surface area (Å²) in [7, 11) is 1.99. The molecule has 0 saturated carbocycles. The van der Waals surface area contributed by atoms with E-state index in [1.165, 1.54) is 12.1 Å². The van der Waals surface area contributed by atoms with E-state index >= 15 is 0 Å². The number of halogens is 1. The lowest BCUT2D eigenvalue weighted by molar-refractivity contribution is 0.318. The predicted octanol–water partition coefficient (Wildman–Crippen LogP) is 2.15. The van der Waals surface area contributed by atoms with E-state index in [1.54, 1.807) is 6.07 Å². The molecule has 0 amide bonds.